The minimum atomic E-state index is -0.0618. The van der Waals surface area contributed by atoms with Crippen molar-refractivity contribution in [3.8, 4) is 5.69 Å². The van der Waals surface area contributed by atoms with E-state index >= 15 is 0 Å². The molecule has 1 fully saturated rings. The SMILES string of the molecule is Cc1nn(-c2ccccc2)cc1CCCNC(=O)N1CCC[C@H]1CO. The highest BCUT2D eigenvalue weighted by Gasteiger charge is 2.27. The molecule has 0 unspecified atom stereocenters. The maximum Gasteiger partial charge on any atom is 0.317 e. The van der Waals surface area contributed by atoms with Gasteiger partial charge in [0.05, 0.1) is 24.0 Å². The molecule has 1 aliphatic rings. The van der Waals surface area contributed by atoms with Crippen LogP contribution < -0.4 is 5.32 Å². The first-order valence-electron chi connectivity index (χ1n) is 8.95. The smallest absolute Gasteiger partial charge is 0.317 e. The summed E-state index contributed by atoms with van der Waals surface area (Å²) in [6.45, 7) is 3.43. The lowest BCUT2D eigenvalue weighted by molar-refractivity contribution is 0.157. The first-order chi connectivity index (χ1) is 12.2. The molecular weight excluding hydrogens is 316 g/mol. The van der Waals surface area contributed by atoms with Gasteiger partial charge >= 0.3 is 6.03 Å². The summed E-state index contributed by atoms with van der Waals surface area (Å²) in [6, 6.07) is 9.97. The highest BCUT2D eigenvalue weighted by Crippen LogP contribution is 2.16. The molecule has 1 atom stereocenters. The molecule has 0 spiro atoms. The fourth-order valence-corrected chi connectivity index (χ4v) is 3.32. The Kier molecular flexibility index (Phi) is 5.71. The molecule has 2 aromatic rings. The quantitative estimate of drug-likeness (QED) is 0.791. The van der Waals surface area contributed by atoms with Crippen LogP contribution in [0.2, 0.25) is 0 Å². The molecule has 25 heavy (non-hydrogen) atoms. The van der Waals surface area contributed by atoms with E-state index in [0.717, 1.165) is 43.6 Å². The normalized spacial score (nSPS) is 17.0. The van der Waals surface area contributed by atoms with Gasteiger partial charge in [0, 0.05) is 19.3 Å². The number of nitrogens with one attached hydrogen (secondary N) is 1. The van der Waals surface area contributed by atoms with Gasteiger partial charge in [0.25, 0.3) is 0 Å². The Balaban J connectivity index is 1.48. The van der Waals surface area contributed by atoms with Crippen molar-refractivity contribution >= 4 is 6.03 Å². The van der Waals surface area contributed by atoms with E-state index in [1.54, 1.807) is 4.90 Å². The number of likely N-dealkylation sites (tertiary alicyclic amines) is 1. The van der Waals surface area contributed by atoms with E-state index in [2.05, 4.69) is 16.6 Å². The number of urea groups is 1. The third-order valence-corrected chi connectivity index (χ3v) is 4.77. The van der Waals surface area contributed by atoms with Crippen LogP contribution >= 0.6 is 0 Å². The average Bonchev–Trinajstić information content (AvgIpc) is 3.26. The average molecular weight is 342 g/mol. The molecule has 134 valence electrons. The van der Waals surface area contributed by atoms with Crippen LogP contribution in [0.15, 0.2) is 36.5 Å². The lowest BCUT2D eigenvalue weighted by Gasteiger charge is -2.23. The molecule has 6 heteroatoms. The van der Waals surface area contributed by atoms with Gasteiger partial charge in [-0.25, -0.2) is 9.48 Å². The maximum atomic E-state index is 12.2. The minimum Gasteiger partial charge on any atom is -0.394 e. The number of aryl methyl sites for hydroxylation is 2. The Labute approximate surface area is 148 Å². The number of aliphatic hydroxyl groups is 1. The van der Waals surface area contributed by atoms with Crippen molar-refractivity contribution in [3.05, 3.63) is 47.8 Å². The summed E-state index contributed by atoms with van der Waals surface area (Å²) in [7, 11) is 0. The van der Waals surface area contributed by atoms with E-state index in [-0.39, 0.29) is 18.7 Å². The number of carbonyl (C=O) groups is 1. The summed E-state index contributed by atoms with van der Waals surface area (Å²) in [5.41, 5.74) is 3.27. The van der Waals surface area contributed by atoms with E-state index in [9.17, 15) is 9.90 Å². The Morgan fingerprint density at radius 1 is 1.36 bits per heavy atom. The van der Waals surface area contributed by atoms with E-state index in [0.29, 0.717) is 6.54 Å². The zero-order chi connectivity index (χ0) is 17.6. The summed E-state index contributed by atoms with van der Waals surface area (Å²) in [5, 5.41) is 16.8. The molecule has 1 saturated heterocycles. The highest BCUT2D eigenvalue weighted by atomic mass is 16.3. The molecule has 1 aromatic carbocycles. The molecule has 0 radical (unpaired) electrons. The Morgan fingerprint density at radius 3 is 2.92 bits per heavy atom. The predicted octanol–water partition coefficient (Wildman–Crippen LogP) is 2.28. The Hall–Kier alpha value is -2.34. The molecule has 0 bridgehead atoms. The largest absolute Gasteiger partial charge is 0.394 e. The fourth-order valence-electron chi connectivity index (χ4n) is 3.32. The van der Waals surface area contributed by atoms with Crippen LogP contribution in [0.25, 0.3) is 5.69 Å². The van der Waals surface area contributed by atoms with Gasteiger partial charge in [-0.05, 0) is 50.3 Å². The monoisotopic (exact) mass is 342 g/mol. The fraction of sp³-hybridized carbons (Fsp3) is 0.474. The number of para-hydroxylation sites is 1. The van der Waals surface area contributed by atoms with Gasteiger partial charge in [-0.15, -0.1) is 0 Å². The first kappa shape index (κ1) is 17.5. The summed E-state index contributed by atoms with van der Waals surface area (Å²) >= 11 is 0. The maximum absolute atomic E-state index is 12.2. The standard InChI is InChI=1S/C19H26N4O2/c1-15-16(13-23(21-15)17-8-3-2-4-9-17)7-5-11-20-19(25)22-12-6-10-18(22)14-24/h2-4,8-9,13,18,24H,5-7,10-12,14H2,1H3,(H,20,25)/t18-/m0/s1. The summed E-state index contributed by atoms with van der Waals surface area (Å²) in [6.07, 6.45) is 5.67. The number of amides is 2. The van der Waals surface area contributed by atoms with Crippen molar-refractivity contribution in [2.75, 3.05) is 19.7 Å². The molecular formula is C19H26N4O2. The van der Waals surface area contributed by atoms with Crippen LogP contribution in [0.5, 0.6) is 0 Å². The number of hydrogen-bond acceptors (Lipinski definition) is 3. The van der Waals surface area contributed by atoms with E-state index < -0.39 is 0 Å². The van der Waals surface area contributed by atoms with Gasteiger partial charge in [0.1, 0.15) is 0 Å². The second kappa shape index (κ2) is 8.16. The summed E-state index contributed by atoms with van der Waals surface area (Å²) in [4.78, 5) is 13.9. The summed E-state index contributed by atoms with van der Waals surface area (Å²) < 4.78 is 1.90. The van der Waals surface area contributed by atoms with Gasteiger partial charge in [0.2, 0.25) is 0 Å². The van der Waals surface area contributed by atoms with Crippen molar-refractivity contribution in [1.29, 1.82) is 0 Å². The highest BCUT2D eigenvalue weighted by molar-refractivity contribution is 5.74. The van der Waals surface area contributed by atoms with E-state index in [1.165, 1.54) is 5.56 Å². The van der Waals surface area contributed by atoms with E-state index in [4.69, 9.17) is 0 Å². The second-order valence-electron chi connectivity index (χ2n) is 6.53. The number of aliphatic hydroxyl groups excluding tert-OH is 1. The number of rotatable bonds is 6. The topological polar surface area (TPSA) is 70.4 Å². The van der Waals surface area contributed by atoms with Crippen LogP contribution in [0.3, 0.4) is 0 Å². The summed E-state index contributed by atoms with van der Waals surface area (Å²) in [5.74, 6) is 0. The molecule has 1 aromatic heterocycles. The van der Waals surface area contributed by atoms with Crippen LogP contribution in [-0.4, -0.2) is 51.6 Å². The number of aromatic nitrogens is 2. The van der Waals surface area contributed by atoms with Crippen LogP contribution in [0.1, 0.15) is 30.5 Å². The third-order valence-electron chi connectivity index (χ3n) is 4.77. The van der Waals surface area contributed by atoms with E-state index in [1.807, 2.05) is 41.9 Å². The van der Waals surface area contributed by atoms with Crippen LogP contribution in [0.4, 0.5) is 4.79 Å². The number of benzene rings is 1. The number of carbonyl (C=O) groups excluding carboxylic acids is 1. The molecule has 2 amide bonds. The molecule has 3 rings (SSSR count). The molecule has 2 N–H and O–H groups in total. The third kappa shape index (κ3) is 4.20. The lowest BCUT2D eigenvalue weighted by atomic mass is 10.1. The van der Waals surface area contributed by atoms with Gasteiger partial charge < -0.3 is 15.3 Å². The first-order valence-corrected chi connectivity index (χ1v) is 8.95. The van der Waals surface area contributed by atoms with Gasteiger partial charge in [-0.2, -0.15) is 5.10 Å². The van der Waals surface area contributed by atoms with Crippen molar-refractivity contribution in [2.24, 2.45) is 0 Å². The van der Waals surface area contributed by atoms with Gasteiger partial charge in [-0.1, -0.05) is 18.2 Å². The van der Waals surface area contributed by atoms with Crippen molar-refractivity contribution in [3.63, 3.8) is 0 Å². The molecule has 0 aliphatic carbocycles. The predicted molar refractivity (Wildman–Crippen MR) is 96.8 cm³/mol. The molecule has 1 aliphatic heterocycles. The van der Waals surface area contributed by atoms with Gasteiger partial charge in [0.15, 0.2) is 0 Å². The minimum absolute atomic E-state index is 0.0219. The van der Waals surface area contributed by atoms with Gasteiger partial charge in [-0.3, -0.25) is 0 Å². The Morgan fingerprint density at radius 2 is 2.16 bits per heavy atom. The molecule has 6 nitrogen and oxygen atoms in total. The zero-order valence-electron chi connectivity index (χ0n) is 14.7. The second-order valence-corrected chi connectivity index (χ2v) is 6.53. The van der Waals surface area contributed by atoms with Crippen molar-refractivity contribution in [2.45, 2.75) is 38.6 Å². The Bertz CT molecular complexity index is 699. The van der Waals surface area contributed by atoms with Crippen molar-refractivity contribution in [1.82, 2.24) is 20.0 Å². The van der Waals surface area contributed by atoms with Crippen LogP contribution in [0, 0.1) is 6.92 Å². The van der Waals surface area contributed by atoms with Crippen molar-refractivity contribution < 1.29 is 9.90 Å². The zero-order valence-corrected chi connectivity index (χ0v) is 14.7. The number of hydrogen-bond donors (Lipinski definition) is 2. The lowest BCUT2D eigenvalue weighted by Crippen LogP contribution is -2.44. The molecule has 2 heterocycles. The van der Waals surface area contributed by atoms with Crippen LogP contribution in [-0.2, 0) is 6.42 Å². The number of nitrogens with zero attached hydrogens (tertiary/aromatic N) is 3. The molecule has 0 saturated carbocycles.